The molecule has 0 amide bonds. The molecule has 0 bridgehead atoms. The second-order valence-electron chi connectivity index (χ2n) is 6.31. The topological polar surface area (TPSA) is 29.3 Å². The van der Waals surface area contributed by atoms with E-state index in [0.29, 0.717) is 5.41 Å². The van der Waals surface area contributed by atoms with Crippen LogP contribution in [-0.2, 0) is 11.8 Å². The van der Waals surface area contributed by atoms with Gasteiger partial charge in [-0.15, -0.1) is 0 Å². The second kappa shape index (κ2) is 5.64. The van der Waals surface area contributed by atoms with Gasteiger partial charge in [-0.05, 0) is 69.3 Å². The molecule has 3 rings (SSSR count). The minimum Gasteiger partial charge on any atom is -0.330 e. The van der Waals surface area contributed by atoms with Crippen molar-refractivity contribution in [2.24, 2.45) is 5.73 Å². The van der Waals surface area contributed by atoms with E-state index in [1.165, 1.54) is 51.7 Å². The quantitative estimate of drug-likeness (QED) is 0.903. The number of hydrogen-bond donors (Lipinski definition) is 1. The molecule has 104 valence electrons. The van der Waals surface area contributed by atoms with Gasteiger partial charge in [0.05, 0.1) is 0 Å². The van der Waals surface area contributed by atoms with Crippen molar-refractivity contribution in [1.29, 1.82) is 0 Å². The van der Waals surface area contributed by atoms with Crippen molar-refractivity contribution in [3.05, 3.63) is 35.4 Å². The van der Waals surface area contributed by atoms with Crippen LogP contribution in [0.3, 0.4) is 0 Å². The first-order chi connectivity index (χ1) is 9.34. The van der Waals surface area contributed by atoms with E-state index in [1.807, 2.05) is 0 Å². The van der Waals surface area contributed by atoms with E-state index in [-0.39, 0.29) is 0 Å². The summed E-state index contributed by atoms with van der Waals surface area (Å²) >= 11 is 0. The summed E-state index contributed by atoms with van der Waals surface area (Å²) in [4.78, 5) is 2.65. The maximum absolute atomic E-state index is 5.67. The van der Waals surface area contributed by atoms with Crippen molar-refractivity contribution in [1.82, 2.24) is 4.90 Å². The summed E-state index contributed by atoms with van der Waals surface area (Å²) in [5.41, 5.74) is 9.37. The molecule has 19 heavy (non-hydrogen) atoms. The summed E-state index contributed by atoms with van der Waals surface area (Å²) in [6, 6.07) is 9.16. The molecule has 1 fully saturated rings. The molecule has 2 N–H and O–H groups in total. The maximum atomic E-state index is 5.67. The first-order valence-electron chi connectivity index (χ1n) is 7.85. The second-order valence-corrected chi connectivity index (χ2v) is 6.31. The number of likely N-dealkylation sites (tertiary alicyclic amines) is 1. The molecule has 2 nitrogen and oxygen atoms in total. The Balaban J connectivity index is 1.83. The number of aryl methyl sites for hydroxylation is 1. The Morgan fingerprint density at radius 1 is 1.16 bits per heavy atom. The number of piperidine rings is 1. The van der Waals surface area contributed by atoms with Crippen LogP contribution in [0.25, 0.3) is 0 Å². The number of rotatable bonds is 3. The zero-order valence-electron chi connectivity index (χ0n) is 11.9. The Morgan fingerprint density at radius 3 is 2.89 bits per heavy atom. The lowest BCUT2D eigenvalue weighted by atomic mass is 9.66. The lowest BCUT2D eigenvalue weighted by molar-refractivity contribution is 0.131. The van der Waals surface area contributed by atoms with Gasteiger partial charge in [0.2, 0.25) is 0 Å². The van der Waals surface area contributed by atoms with Gasteiger partial charge in [0.25, 0.3) is 0 Å². The Kier molecular flexibility index (Phi) is 3.90. The number of nitrogens with two attached hydrogens (primary N) is 1. The van der Waals surface area contributed by atoms with E-state index in [0.717, 1.165) is 13.0 Å². The highest BCUT2D eigenvalue weighted by atomic mass is 15.1. The molecule has 1 spiro atoms. The van der Waals surface area contributed by atoms with Gasteiger partial charge in [-0.2, -0.15) is 0 Å². The summed E-state index contributed by atoms with van der Waals surface area (Å²) in [5.74, 6) is 0. The fourth-order valence-electron chi connectivity index (χ4n) is 4.16. The Hall–Kier alpha value is -0.860. The molecule has 1 aromatic rings. The average molecular weight is 258 g/mol. The molecule has 0 saturated carbocycles. The zero-order valence-corrected chi connectivity index (χ0v) is 11.9. The van der Waals surface area contributed by atoms with E-state index < -0.39 is 0 Å². The van der Waals surface area contributed by atoms with Gasteiger partial charge in [-0.3, -0.25) is 0 Å². The standard InChI is InChI=1S/C17H26N2/c18-11-5-13-19-12-4-10-17(14-19)9-3-7-15-6-1-2-8-16(15)17/h1-2,6,8H,3-5,7,9-14,18H2. The highest BCUT2D eigenvalue weighted by Gasteiger charge is 2.39. The fraction of sp³-hybridized carbons (Fsp3) is 0.647. The van der Waals surface area contributed by atoms with Crippen molar-refractivity contribution >= 4 is 0 Å². The Morgan fingerprint density at radius 2 is 2.00 bits per heavy atom. The number of nitrogens with zero attached hydrogens (tertiary/aromatic N) is 1. The normalized spacial score (nSPS) is 27.4. The molecule has 1 unspecified atom stereocenters. The maximum Gasteiger partial charge on any atom is 0.00836 e. The van der Waals surface area contributed by atoms with Crippen LogP contribution in [0.4, 0.5) is 0 Å². The summed E-state index contributed by atoms with van der Waals surface area (Å²) in [5, 5.41) is 0. The van der Waals surface area contributed by atoms with Gasteiger partial charge in [-0.25, -0.2) is 0 Å². The minimum absolute atomic E-state index is 0.446. The smallest absolute Gasteiger partial charge is 0.00836 e. The van der Waals surface area contributed by atoms with Crippen LogP contribution < -0.4 is 5.73 Å². The molecule has 1 aromatic carbocycles. The molecule has 1 aliphatic carbocycles. The lowest BCUT2D eigenvalue weighted by Crippen LogP contribution is -2.48. The van der Waals surface area contributed by atoms with Crippen LogP contribution in [-0.4, -0.2) is 31.1 Å². The molecule has 2 aliphatic rings. The van der Waals surface area contributed by atoms with Crippen LogP contribution in [0.15, 0.2) is 24.3 Å². The van der Waals surface area contributed by atoms with E-state index in [1.54, 1.807) is 11.1 Å². The van der Waals surface area contributed by atoms with Crippen LogP contribution in [0.1, 0.15) is 43.2 Å². The summed E-state index contributed by atoms with van der Waals surface area (Å²) in [7, 11) is 0. The third-order valence-corrected chi connectivity index (χ3v) is 5.02. The number of fused-ring (bicyclic) bond motifs is 2. The molecule has 1 saturated heterocycles. The van der Waals surface area contributed by atoms with Gasteiger partial charge in [0.1, 0.15) is 0 Å². The van der Waals surface area contributed by atoms with Crippen LogP contribution in [0.5, 0.6) is 0 Å². The highest BCUT2D eigenvalue weighted by Crippen LogP contribution is 2.43. The lowest BCUT2D eigenvalue weighted by Gasteiger charge is -2.46. The zero-order chi connectivity index (χ0) is 13.1. The van der Waals surface area contributed by atoms with Crippen molar-refractivity contribution in [2.45, 2.75) is 43.9 Å². The largest absolute Gasteiger partial charge is 0.330 e. The summed E-state index contributed by atoms with van der Waals surface area (Å²) in [6.45, 7) is 4.52. The van der Waals surface area contributed by atoms with E-state index >= 15 is 0 Å². The van der Waals surface area contributed by atoms with Crippen molar-refractivity contribution in [3.63, 3.8) is 0 Å². The fourth-order valence-corrected chi connectivity index (χ4v) is 4.16. The minimum atomic E-state index is 0.446. The Bertz CT molecular complexity index is 429. The number of hydrogen-bond acceptors (Lipinski definition) is 2. The van der Waals surface area contributed by atoms with Crippen LogP contribution >= 0.6 is 0 Å². The van der Waals surface area contributed by atoms with E-state index in [9.17, 15) is 0 Å². The molecular weight excluding hydrogens is 232 g/mol. The first kappa shape index (κ1) is 13.1. The molecular formula is C17H26N2. The SMILES string of the molecule is NCCCN1CCCC2(CCCc3ccccc32)C1. The van der Waals surface area contributed by atoms with E-state index in [4.69, 9.17) is 5.73 Å². The molecule has 1 heterocycles. The molecule has 1 aliphatic heterocycles. The third-order valence-electron chi connectivity index (χ3n) is 5.02. The van der Waals surface area contributed by atoms with Gasteiger partial charge in [-0.1, -0.05) is 24.3 Å². The molecule has 0 radical (unpaired) electrons. The van der Waals surface area contributed by atoms with Crippen molar-refractivity contribution in [2.75, 3.05) is 26.2 Å². The van der Waals surface area contributed by atoms with E-state index in [2.05, 4.69) is 29.2 Å². The highest BCUT2D eigenvalue weighted by molar-refractivity contribution is 5.37. The predicted molar refractivity (Wildman–Crippen MR) is 80.4 cm³/mol. The Labute approximate surface area is 117 Å². The number of benzene rings is 1. The monoisotopic (exact) mass is 258 g/mol. The molecule has 0 aromatic heterocycles. The van der Waals surface area contributed by atoms with Gasteiger partial charge >= 0.3 is 0 Å². The van der Waals surface area contributed by atoms with Crippen LogP contribution in [0.2, 0.25) is 0 Å². The van der Waals surface area contributed by atoms with Gasteiger partial charge in [0, 0.05) is 12.0 Å². The van der Waals surface area contributed by atoms with Crippen molar-refractivity contribution in [3.8, 4) is 0 Å². The molecule has 1 atom stereocenters. The van der Waals surface area contributed by atoms with Crippen molar-refractivity contribution < 1.29 is 0 Å². The van der Waals surface area contributed by atoms with Gasteiger partial charge < -0.3 is 10.6 Å². The first-order valence-corrected chi connectivity index (χ1v) is 7.85. The predicted octanol–water partition coefficient (Wildman–Crippen LogP) is 2.71. The van der Waals surface area contributed by atoms with Gasteiger partial charge in [0.15, 0.2) is 0 Å². The summed E-state index contributed by atoms with van der Waals surface area (Å²) < 4.78 is 0. The average Bonchev–Trinajstić information content (AvgIpc) is 2.46. The summed E-state index contributed by atoms with van der Waals surface area (Å²) in [6.07, 6.45) is 7.88. The molecule has 2 heteroatoms. The van der Waals surface area contributed by atoms with Crippen LogP contribution in [0, 0.1) is 0 Å². The third kappa shape index (κ3) is 2.56.